The molecule has 0 radical (unpaired) electrons. The monoisotopic (exact) mass is 550 g/mol. The molecule has 206 valence electrons. The van der Waals surface area contributed by atoms with Gasteiger partial charge in [0, 0.05) is 18.8 Å². The molecule has 4 rings (SSSR count). The highest BCUT2D eigenvalue weighted by molar-refractivity contribution is 7.54. The first-order valence-corrected chi connectivity index (χ1v) is 14.6. The molecule has 1 aliphatic rings. The highest BCUT2D eigenvalue weighted by atomic mass is 31.2. The van der Waals surface area contributed by atoms with Crippen LogP contribution in [0.3, 0.4) is 0 Å². The van der Waals surface area contributed by atoms with Gasteiger partial charge in [-0.3, -0.25) is 15.0 Å². The molecule has 2 N–H and O–H groups in total. The second-order valence-electron chi connectivity index (χ2n) is 8.93. The van der Waals surface area contributed by atoms with Crippen LogP contribution in [0, 0.1) is 0 Å². The van der Waals surface area contributed by atoms with Gasteiger partial charge in [0.2, 0.25) is 5.84 Å². The number of hydrogen-bond acceptors (Lipinski definition) is 9. The van der Waals surface area contributed by atoms with Crippen molar-refractivity contribution < 1.29 is 23.1 Å². The third-order valence-corrected chi connectivity index (χ3v) is 8.58. The number of benzene rings is 3. The fourth-order valence-corrected chi connectivity index (χ4v) is 6.40. The summed E-state index contributed by atoms with van der Waals surface area (Å²) in [5.74, 6) is -1.54. The average Bonchev–Trinajstić information content (AvgIpc) is 2.97. The lowest BCUT2D eigenvalue weighted by Crippen LogP contribution is -2.53. The number of hydrogen-bond donors (Lipinski definition) is 2. The summed E-state index contributed by atoms with van der Waals surface area (Å²) >= 11 is 0. The van der Waals surface area contributed by atoms with Crippen molar-refractivity contribution in [2.75, 3.05) is 25.2 Å². The number of rotatable bonds is 12. The van der Waals surface area contributed by atoms with E-state index in [0.29, 0.717) is 13.1 Å². The van der Waals surface area contributed by atoms with Crippen molar-refractivity contribution in [2.45, 2.75) is 38.8 Å². The van der Waals surface area contributed by atoms with Crippen LogP contribution in [-0.2, 0) is 36.2 Å². The van der Waals surface area contributed by atoms with Crippen molar-refractivity contribution in [1.82, 2.24) is 10.9 Å². The molecule has 1 heterocycles. The number of ether oxygens (including phenoxy) is 1. The molecule has 0 fully saturated rings. The Morgan fingerprint density at radius 3 is 2.03 bits per heavy atom. The molecule has 9 nitrogen and oxygen atoms in total. The number of nitrogens with one attached hydrogen (secondary N) is 2. The normalized spacial score (nSPS) is 17.2. The quantitative estimate of drug-likeness (QED) is 0.234. The Morgan fingerprint density at radius 2 is 1.49 bits per heavy atom. The molecular weight excluding hydrogens is 515 g/mol. The topological polar surface area (TPSA) is 101 Å². The van der Waals surface area contributed by atoms with Crippen molar-refractivity contribution in [3.63, 3.8) is 0 Å². The van der Waals surface area contributed by atoms with Crippen LogP contribution in [0.25, 0.3) is 0 Å². The van der Waals surface area contributed by atoms with E-state index in [2.05, 4.69) is 45.0 Å². The lowest BCUT2D eigenvalue weighted by molar-refractivity contribution is -0.133. The first-order valence-electron chi connectivity index (χ1n) is 13.0. The molecule has 0 aromatic heterocycles. The van der Waals surface area contributed by atoms with E-state index in [9.17, 15) is 9.36 Å². The minimum Gasteiger partial charge on any atom is -0.463 e. The van der Waals surface area contributed by atoms with Gasteiger partial charge in [0.1, 0.15) is 6.04 Å². The number of carbonyl (C=O) groups is 1. The molecule has 0 spiro atoms. The lowest BCUT2D eigenvalue weighted by atomic mass is 10.0. The maximum atomic E-state index is 13.9. The molecule has 3 aromatic carbocycles. The fraction of sp³-hybridized carbons (Fsp3) is 0.310. The Bertz CT molecular complexity index is 1250. The average molecular weight is 551 g/mol. The molecule has 0 bridgehead atoms. The Hall–Kier alpha value is -3.49. The largest absolute Gasteiger partial charge is 0.463 e. The van der Waals surface area contributed by atoms with E-state index in [1.165, 1.54) is 18.2 Å². The SMILES string of the molecule is CCOP(=O)(OCC)[C@@H]1NNC(C(=O)OC)=N[C@H]1c1cccc(N(Cc2ccccc2)Cc2ccccc2)c1. The Morgan fingerprint density at radius 1 is 0.897 bits per heavy atom. The maximum Gasteiger partial charge on any atom is 0.374 e. The highest BCUT2D eigenvalue weighted by Crippen LogP contribution is 2.57. The summed E-state index contributed by atoms with van der Waals surface area (Å²) in [4.78, 5) is 19.2. The van der Waals surface area contributed by atoms with Gasteiger partial charge >= 0.3 is 13.6 Å². The molecule has 0 saturated carbocycles. The van der Waals surface area contributed by atoms with Crippen LogP contribution in [0.2, 0.25) is 0 Å². The van der Waals surface area contributed by atoms with E-state index in [0.717, 1.165) is 11.3 Å². The summed E-state index contributed by atoms with van der Waals surface area (Å²) in [5.41, 5.74) is 9.73. The van der Waals surface area contributed by atoms with Gasteiger partial charge in [-0.05, 0) is 42.7 Å². The fourth-order valence-electron chi connectivity index (χ4n) is 4.48. The van der Waals surface area contributed by atoms with Gasteiger partial charge in [-0.2, -0.15) is 0 Å². The van der Waals surface area contributed by atoms with Crippen LogP contribution >= 0.6 is 7.60 Å². The predicted molar refractivity (Wildman–Crippen MR) is 152 cm³/mol. The van der Waals surface area contributed by atoms with Crippen molar-refractivity contribution in [2.24, 2.45) is 4.99 Å². The zero-order chi connectivity index (χ0) is 27.7. The summed E-state index contributed by atoms with van der Waals surface area (Å²) in [5, 5.41) is 0. The van der Waals surface area contributed by atoms with Crippen LogP contribution in [0.5, 0.6) is 0 Å². The smallest absolute Gasteiger partial charge is 0.374 e. The van der Waals surface area contributed by atoms with Crippen LogP contribution in [0.1, 0.15) is 36.6 Å². The zero-order valence-corrected chi connectivity index (χ0v) is 23.3. The Kier molecular flexibility index (Phi) is 9.90. The highest BCUT2D eigenvalue weighted by Gasteiger charge is 2.45. The molecule has 10 heteroatoms. The number of methoxy groups -OCH3 is 1. The van der Waals surface area contributed by atoms with Gasteiger partial charge in [-0.1, -0.05) is 72.8 Å². The second-order valence-corrected chi connectivity index (χ2v) is 11.1. The molecule has 2 atom stereocenters. The lowest BCUT2D eigenvalue weighted by Gasteiger charge is -2.35. The number of aliphatic imine (C=N–C) groups is 1. The summed E-state index contributed by atoms with van der Waals surface area (Å²) in [7, 11) is -2.39. The molecule has 39 heavy (non-hydrogen) atoms. The minimum absolute atomic E-state index is 0.0193. The maximum absolute atomic E-state index is 13.9. The van der Waals surface area contributed by atoms with E-state index in [-0.39, 0.29) is 19.0 Å². The number of anilines is 1. The van der Waals surface area contributed by atoms with Gasteiger partial charge in [-0.25, -0.2) is 10.2 Å². The zero-order valence-electron chi connectivity index (χ0n) is 22.4. The predicted octanol–water partition coefficient (Wildman–Crippen LogP) is 5.21. The molecular formula is C29H35N4O5P. The Labute approximate surface area is 229 Å². The van der Waals surface area contributed by atoms with Crippen LogP contribution in [-0.4, -0.2) is 37.9 Å². The van der Waals surface area contributed by atoms with Gasteiger partial charge in [0.05, 0.1) is 20.3 Å². The standard InChI is InChI=1S/C29H35N4O5P/c1-4-37-39(35,38-5-2)28-26(30-27(31-32-28)29(34)36-3)24-17-12-18-25(19-24)33(20-22-13-8-6-9-14-22)21-23-15-10-7-11-16-23/h6-19,26,28,32H,4-5,20-21H2,1-3H3,(H,30,31)/t26-,28-/m0/s1. The van der Waals surface area contributed by atoms with Gasteiger partial charge < -0.3 is 18.7 Å². The summed E-state index contributed by atoms with van der Waals surface area (Å²) < 4.78 is 30.0. The Balaban J connectivity index is 1.75. The number of nitrogens with zero attached hydrogens (tertiary/aromatic N) is 2. The van der Waals surface area contributed by atoms with Crippen molar-refractivity contribution in [1.29, 1.82) is 0 Å². The molecule has 0 aliphatic carbocycles. The number of esters is 1. The molecule has 1 aliphatic heterocycles. The summed E-state index contributed by atoms with van der Waals surface area (Å²) in [6, 6.07) is 27.6. The summed E-state index contributed by atoms with van der Waals surface area (Å²) in [6.07, 6.45) is 0. The summed E-state index contributed by atoms with van der Waals surface area (Å²) in [6.45, 7) is 5.26. The van der Waals surface area contributed by atoms with Crippen LogP contribution in [0.4, 0.5) is 5.69 Å². The first kappa shape index (κ1) is 28.5. The minimum atomic E-state index is -3.68. The van der Waals surface area contributed by atoms with E-state index >= 15 is 0 Å². The van der Waals surface area contributed by atoms with Crippen molar-refractivity contribution in [3.05, 3.63) is 102 Å². The first-order chi connectivity index (χ1) is 19.0. The third kappa shape index (κ3) is 7.13. The third-order valence-electron chi connectivity index (χ3n) is 6.25. The van der Waals surface area contributed by atoms with Crippen molar-refractivity contribution in [3.8, 4) is 0 Å². The molecule has 0 amide bonds. The van der Waals surface area contributed by atoms with Crippen LogP contribution < -0.4 is 15.8 Å². The number of amidine groups is 1. The van der Waals surface area contributed by atoms with E-state index in [4.69, 9.17) is 13.8 Å². The van der Waals surface area contributed by atoms with Crippen LogP contribution in [0.15, 0.2) is 89.9 Å². The molecule has 0 saturated heterocycles. The van der Waals surface area contributed by atoms with Gasteiger partial charge in [0.15, 0.2) is 5.78 Å². The molecule has 3 aromatic rings. The molecule has 0 unspecified atom stereocenters. The van der Waals surface area contributed by atoms with Gasteiger partial charge in [0.25, 0.3) is 0 Å². The van der Waals surface area contributed by atoms with Gasteiger partial charge in [-0.15, -0.1) is 0 Å². The number of carbonyl (C=O) groups excluding carboxylic acids is 1. The number of hydrazine groups is 1. The van der Waals surface area contributed by atoms with E-state index in [1.807, 2.05) is 60.7 Å². The van der Waals surface area contributed by atoms with E-state index < -0.39 is 25.4 Å². The van der Waals surface area contributed by atoms with E-state index in [1.54, 1.807) is 13.8 Å². The second kappa shape index (κ2) is 13.5. The van der Waals surface area contributed by atoms with Crippen molar-refractivity contribution >= 4 is 25.1 Å².